The van der Waals surface area contributed by atoms with Gasteiger partial charge in [-0.15, -0.1) is 0 Å². The molecule has 1 aliphatic rings. The highest BCUT2D eigenvalue weighted by Gasteiger charge is 2.27. The van der Waals surface area contributed by atoms with Crippen molar-refractivity contribution < 1.29 is 4.42 Å². The molecule has 0 aromatic carbocycles. The lowest BCUT2D eigenvalue weighted by Crippen LogP contribution is -2.39. The third-order valence-corrected chi connectivity index (χ3v) is 3.96. The summed E-state index contributed by atoms with van der Waals surface area (Å²) in [6.45, 7) is 6.17. The number of nitrogens with one attached hydrogen (secondary N) is 1. The summed E-state index contributed by atoms with van der Waals surface area (Å²) in [7, 11) is 2.11. The second kappa shape index (κ2) is 6.23. The highest BCUT2D eigenvalue weighted by Crippen LogP contribution is 2.29. The molecule has 1 N–H and O–H groups in total. The second-order valence-electron chi connectivity index (χ2n) is 5.34. The average Bonchev–Trinajstić information content (AvgIpc) is 2.85. The van der Waals surface area contributed by atoms with Crippen LogP contribution < -0.4 is 10.2 Å². The molecule has 2 unspecified atom stereocenters. The lowest BCUT2D eigenvalue weighted by Gasteiger charge is -2.35. The number of hydrogen-bond acceptors (Lipinski definition) is 4. The van der Waals surface area contributed by atoms with Gasteiger partial charge in [0.15, 0.2) is 0 Å². The van der Waals surface area contributed by atoms with Gasteiger partial charge in [0.05, 0.1) is 5.69 Å². The van der Waals surface area contributed by atoms with E-state index in [4.69, 9.17) is 4.42 Å². The lowest BCUT2D eigenvalue weighted by atomic mass is 9.85. The van der Waals surface area contributed by atoms with Crippen LogP contribution in [0.1, 0.15) is 45.2 Å². The van der Waals surface area contributed by atoms with Crippen LogP contribution in [0.2, 0.25) is 0 Å². The molecule has 102 valence electrons. The summed E-state index contributed by atoms with van der Waals surface area (Å²) in [5, 5.41) is 3.26. The molecule has 0 saturated heterocycles. The van der Waals surface area contributed by atoms with Crippen LogP contribution in [0.25, 0.3) is 0 Å². The smallest absolute Gasteiger partial charge is 0.297 e. The standard InChI is InChI=1S/C14H25N3O/c1-4-15-9-12-10-18-14(16-12)17(3)13-8-6-5-7-11(13)2/h10-11,13,15H,4-9H2,1-3H3. The van der Waals surface area contributed by atoms with Crippen molar-refractivity contribution in [3.8, 4) is 0 Å². The van der Waals surface area contributed by atoms with Gasteiger partial charge in [-0.1, -0.05) is 26.7 Å². The van der Waals surface area contributed by atoms with Crippen molar-refractivity contribution in [2.24, 2.45) is 5.92 Å². The van der Waals surface area contributed by atoms with Gasteiger partial charge in [-0.3, -0.25) is 0 Å². The molecule has 1 aromatic heterocycles. The fourth-order valence-corrected chi connectivity index (χ4v) is 2.81. The van der Waals surface area contributed by atoms with Gasteiger partial charge in [-0.25, -0.2) is 0 Å². The van der Waals surface area contributed by atoms with E-state index in [1.807, 2.05) is 0 Å². The number of anilines is 1. The molecule has 0 bridgehead atoms. The maximum absolute atomic E-state index is 5.60. The molecule has 1 aliphatic carbocycles. The minimum atomic E-state index is 0.574. The topological polar surface area (TPSA) is 41.3 Å². The predicted octanol–water partition coefficient (Wildman–Crippen LogP) is 2.80. The molecule has 0 amide bonds. The van der Waals surface area contributed by atoms with Gasteiger partial charge in [0.25, 0.3) is 6.01 Å². The highest BCUT2D eigenvalue weighted by molar-refractivity contribution is 5.28. The van der Waals surface area contributed by atoms with E-state index in [9.17, 15) is 0 Å². The van der Waals surface area contributed by atoms with Crippen LogP contribution in [0.15, 0.2) is 10.7 Å². The van der Waals surface area contributed by atoms with E-state index >= 15 is 0 Å². The maximum Gasteiger partial charge on any atom is 0.297 e. The molecule has 2 atom stereocenters. The zero-order valence-corrected chi connectivity index (χ0v) is 11.8. The predicted molar refractivity (Wildman–Crippen MR) is 73.7 cm³/mol. The summed E-state index contributed by atoms with van der Waals surface area (Å²) in [6, 6.07) is 1.34. The first-order chi connectivity index (χ1) is 8.72. The molecule has 18 heavy (non-hydrogen) atoms. The van der Waals surface area contributed by atoms with E-state index in [-0.39, 0.29) is 0 Å². The highest BCUT2D eigenvalue weighted by atomic mass is 16.4. The summed E-state index contributed by atoms with van der Waals surface area (Å²) < 4.78 is 5.60. The van der Waals surface area contributed by atoms with E-state index in [0.717, 1.165) is 30.7 Å². The fourth-order valence-electron chi connectivity index (χ4n) is 2.81. The van der Waals surface area contributed by atoms with E-state index < -0.39 is 0 Å². The van der Waals surface area contributed by atoms with Gasteiger partial charge in [0.1, 0.15) is 6.26 Å². The third kappa shape index (κ3) is 3.05. The Balaban J connectivity index is 1.99. The number of rotatable bonds is 5. The van der Waals surface area contributed by atoms with Crippen molar-refractivity contribution in [3.05, 3.63) is 12.0 Å². The Bertz CT molecular complexity index is 364. The van der Waals surface area contributed by atoms with Crippen LogP contribution in [-0.4, -0.2) is 24.6 Å². The van der Waals surface area contributed by atoms with E-state index in [0.29, 0.717) is 6.04 Å². The molecule has 1 saturated carbocycles. The molecular weight excluding hydrogens is 226 g/mol. The molecule has 1 heterocycles. The molecule has 0 aliphatic heterocycles. The third-order valence-electron chi connectivity index (χ3n) is 3.96. The molecule has 2 rings (SSSR count). The van der Waals surface area contributed by atoms with Gasteiger partial charge < -0.3 is 14.6 Å². The van der Waals surface area contributed by atoms with Gasteiger partial charge in [0, 0.05) is 19.6 Å². The summed E-state index contributed by atoms with van der Waals surface area (Å²) in [4.78, 5) is 6.78. The maximum atomic E-state index is 5.60. The van der Waals surface area contributed by atoms with Crippen LogP contribution >= 0.6 is 0 Å². The van der Waals surface area contributed by atoms with Gasteiger partial charge in [-0.2, -0.15) is 4.98 Å². The van der Waals surface area contributed by atoms with Crippen molar-refractivity contribution in [2.45, 2.75) is 52.1 Å². The lowest BCUT2D eigenvalue weighted by molar-refractivity contribution is 0.311. The van der Waals surface area contributed by atoms with Crippen molar-refractivity contribution >= 4 is 6.01 Å². The van der Waals surface area contributed by atoms with Gasteiger partial charge >= 0.3 is 0 Å². The zero-order valence-electron chi connectivity index (χ0n) is 11.8. The first kappa shape index (κ1) is 13.4. The number of nitrogens with zero attached hydrogens (tertiary/aromatic N) is 2. The van der Waals surface area contributed by atoms with Crippen molar-refractivity contribution in [1.82, 2.24) is 10.3 Å². The molecule has 0 radical (unpaired) electrons. The SMILES string of the molecule is CCNCc1coc(N(C)C2CCCCC2C)n1. The number of aromatic nitrogens is 1. The van der Waals surface area contributed by atoms with Gasteiger partial charge in [0.2, 0.25) is 0 Å². The Kier molecular flexibility index (Phi) is 4.64. The minimum Gasteiger partial charge on any atom is -0.432 e. The quantitative estimate of drug-likeness (QED) is 0.873. The molecule has 1 fully saturated rings. The Morgan fingerprint density at radius 2 is 2.22 bits per heavy atom. The monoisotopic (exact) mass is 251 g/mol. The Morgan fingerprint density at radius 3 is 2.94 bits per heavy atom. The van der Waals surface area contributed by atoms with E-state index in [2.05, 4.69) is 36.1 Å². The first-order valence-corrected chi connectivity index (χ1v) is 7.10. The Hall–Kier alpha value is -1.03. The second-order valence-corrected chi connectivity index (χ2v) is 5.34. The van der Waals surface area contributed by atoms with Crippen LogP contribution in [0, 0.1) is 5.92 Å². The molecule has 0 spiro atoms. The van der Waals surface area contributed by atoms with Crippen molar-refractivity contribution in [2.75, 3.05) is 18.5 Å². The summed E-state index contributed by atoms with van der Waals surface area (Å²) in [5.41, 5.74) is 0.988. The normalized spacial score (nSPS) is 24.2. The minimum absolute atomic E-state index is 0.574. The van der Waals surface area contributed by atoms with Crippen molar-refractivity contribution in [1.29, 1.82) is 0 Å². The van der Waals surface area contributed by atoms with Crippen LogP contribution in [0.3, 0.4) is 0 Å². The van der Waals surface area contributed by atoms with Crippen LogP contribution in [0.4, 0.5) is 6.01 Å². The summed E-state index contributed by atoms with van der Waals surface area (Å²) in [6.07, 6.45) is 7.03. The molecule has 4 heteroatoms. The number of hydrogen-bond donors (Lipinski definition) is 1. The van der Waals surface area contributed by atoms with Gasteiger partial charge in [-0.05, 0) is 25.3 Å². The summed E-state index contributed by atoms with van der Waals surface area (Å²) in [5.74, 6) is 0.730. The molecule has 1 aromatic rings. The fraction of sp³-hybridized carbons (Fsp3) is 0.786. The van der Waals surface area contributed by atoms with Crippen LogP contribution in [0.5, 0.6) is 0 Å². The molecule has 4 nitrogen and oxygen atoms in total. The van der Waals surface area contributed by atoms with Crippen LogP contribution in [-0.2, 0) is 6.54 Å². The largest absolute Gasteiger partial charge is 0.432 e. The van der Waals surface area contributed by atoms with Crippen molar-refractivity contribution in [3.63, 3.8) is 0 Å². The zero-order chi connectivity index (χ0) is 13.0. The van der Waals surface area contributed by atoms with E-state index in [1.165, 1.54) is 25.7 Å². The molecular formula is C14H25N3O. The summed E-state index contributed by atoms with van der Waals surface area (Å²) >= 11 is 0. The first-order valence-electron chi connectivity index (χ1n) is 7.10. The Labute approximate surface area is 110 Å². The number of oxazole rings is 1. The Morgan fingerprint density at radius 1 is 1.44 bits per heavy atom. The average molecular weight is 251 g/mol. The van der Waals surface area contributed by atoms with E-state index in [1.54, 1.807) is 6.26 Å².